The molecular formula is C21H22N4O3S. The summed E-state index contributed by atoms with van der Waals surface area (Å²) in [6.07, 6.45) is 1.55. The summed E-state index contributed by atoms with van der Waals surface area (Å²) < 4.78 is 5.09. The van der Waals surface area contributed by atoms with Crippen LogP contribution >= 0.6 is 11.3 Å². The fraction of sp³-hybridized carbons (Fsp3) is 0.238. The van der Waals surface area contributed by atoms with Gasteiger partial charge < -0.3 is 15.4 Å². The Morgan fingerprint density at radius 1 is 1.00 bits per heavy atom. The van der Waals surface area contributed by atoms with Crippen molar-refractivity contribution in [3.63, 3.8) is 0 Å². The number of nitrogens with zero attached hydrogens (tertiary/aromatic N) is 2. The molecule has 2 N–H and O–H groups in total. The third-order valence-corrected chi connectivity index (χ3v) is 5.14. The normalized spacial score (nSPS) is 10.4. The van der Waals surface area contributed by atoms with Crippen molar-refractivity contribution in [3.05, 3.63) is 70.2 Å². The summed E-state index contributed by atoms with van der Waals surface area (Å²) in [5.41, 5.74) is 1.83. The SMILES string of the molecule is COc1ccc(NC(=O)c2nnc(CCC(=O)NCCc3ccccc3)s2)cc1. The van der Waals surface area contributed by atoms with Crippen molar-refractivity contribution in [1.29, 1.82) is 0 Å². The summed E-state index contributed by atoms with van der Waals surface area (Å²) in [7, 11) is 1.58. The van der Waals surface area contributed by atoms with Gasteiger partial charge >= 0.3 is 0 Å². The molecule has 7 nitrogen and oxygen atoms in total. The number of hydrogen-bond acceptors (Lipinski definition) is 6. The van der Waals surface area contributed by atoms with Crippen molar-refractivity contribution >= 4 is 28.8 Å². The molecule has 29 heavy (non-hydrogen) atoms. The van der Waals surface area contributed by atoms with Gasteiger partial charge in [0.15, 0.2) is 0 Å². The molecule has 1 heterocycles. The van der Waals surface area contributed by atoms with Crippen LogP contribution in [0.2, 0.25) is 0 Å². The van der Waals surface area contributed by atoms with Gasteiger partial charge in [-0.2, -0.15) is 0 Å². The Hall–Kier alpha value is -3.26. The number of nitrogens with one attached hydrogen (secondary N) is 2. The lowest BCUT2D eigenvalue weighted by Gasteiger charge is -2.04. The summed E-state index contributed by atoms with van der Waals surface area (Å²) in [5.74, 6) is 0.342. The van der Waals surface area contributed by atoms with Crippen LogP contribution in [0.15, 0.2) is 54.6 Å². The molecule has 1 aromatic heterocycles. The Morgan fingerprint density at radius 3 is 2.48 bits per heavy atom. The molecule has 3 aromatic rings. The highest BCUT2D eigenvalue weighted by Crippen LogP contribution is 2.17. The van der Waals surface area contributed by atoms with Gasteiger partial charge in [-0.1, -0.05) is 41.7 Å². The fourth-order valence-corrected chi connectivity index (χ4v) is 3.34. The van der Waals surface area contributed by atoms with Crippen LogP contribution in [0.25, 0.3) is 0 Å². The summed E-state index contributed by atoms with van der Waals surface area (Å²) in [4.78, 5) is 24.3. The van der Waals surface area contributed by atoms with Crippen molar-refractivity contribution in [2.75, 3.05) is 19.0 Å². The van der Waals surface area contributed by atoms with E-state index in [2.05, 4.69) is 20.8 Å². The zero-order chi connectivity index (χ0) is 20.5. The highest BCUT2D eigenvalue weighted by molar-refractivity contribution is 7.13. The van der Waals surface area contributed by atoms with Crippen LogP contribution in [0.1, 0.15) is 26.8 Å². The van der Waals surface area contributed by atoms with E-state index >= 15 is 0 Å². The molecule has 8 heteroatoms. The lowest BCUT2D eigenvalue weighted by Crippen LogP contribution is -2.25. The zero-order valence-electron chi connectivity index (χ0n) is 16.1. The standard InChI is InChI=1S/C21H22N4O3S/c1-28-17-9-7-16(8-10-17)23-20(27)21-25-24-19(29-21)12-11-18(26)22-14-13-15-5-3-2-4-6-15/h2-10H,11-14H2,1H3,(H,22,26)(H,23,27). The van der Waals surface area contributed by atoms with Gasteiger partial charge in [-0.05, 0) is 36.2 Å². The molecular weight excluding hydrogens is 388 g/mol. The molecule has 0 aliphatic heterocycles. The van der Waals surface area contributed by atoms with Crippen molar-refractivity contribution in [3.8, 4) is 5.75 Å². The monoisotopic (exact) mass is 410 g/mol. The molecule has 0 radical (unpaired) electrons. The second-order valence-electron chi connectivity index (χ2n) is 6.27. The van der Waals surface area contributed by atoms with Gasteiger partial charge in [0.1, 0.15) is 10.8 Å². The molecule has 0 saturated carbocycles. The first-order valence-electron chi connectivity index (χ1n) is 9.22. The van der Waals surface area contributed by atoms with Crippen LogP contribution in [0.5, 0.6) is 5.75 Å². The quantitative estimate of drug-likeness (QED) is 0.565. The summed E-state index contributed by atoms with van der Waals surface area (Å²) in [6, 6.07) is 17.0. The van der Waals surface area contributed by atoms with Crippen molar-refractivity contribution in [2.45, 2.75) is 19.3 Å². The van der Waals surface area contributed by atoms with E-state index in [0.717, 1.165) is 6.42 Å². The van der Waals surface area contributed by atoms with E-state index in [0.29, 0.717) is 35.8 Å². The maximum absolute atomic E-state index is 12.3. The molecule has 0 spiro atoms. The molecule has 0 aliphatic rings. The van der Waals surface area contributed by atoms with Gasteiger partial charge in [0.25, 0.3) is 5.91 Å². The first-order chi connectivity index (χ1) is 14.1. The van der Waals surface area contributed by atoms with E-state index in [1.54, 1.807) is 31.4 Å². The maximum atomic E-state index is 12.3. The van der Waals surface area contributed by atoms with Crippen LogP contribution in [-0.4, -0.2) is 35.7 Å². The molecule has 2 aromatic carbocycles. The number of carbonyl (C=O) groups excluding carboxylic acids is 2. The summed E-state index contributed by atoms with van der Waals surface area (Å²) in [5, 5.41) is 14.5. The maximum Gasteiger partial charge on any atom is 0.286 e. The molecule has 0 saturated heterocycles. The molecule has 2 amide bonds. The van der Waals surface area contributed by atoms with E-state index in [-0.39, 0.29) is 16.8 Å². The number of aryl methyl sites for hydroxylation is 1. The number of amides is 2. The van der Waals surface area contributed by atoms with E-state index in [4.69, 9.17) is 4.74 Å². The molecule has 0 unspecified atom stereocenters. The van der Waals surface area contributed by atoms with E-state index in [1.165, 1.54) is 16.9 Å². The predicted octanol–water partition coefficient (Wildman–Crippen LogP) is 3.09. The second-order valence-corrected chi connectivity index (χ2v) is 7.33. The summed E-state index contributed by atoms with van der Waals surface area (Å²) >= 11 is 1.19. The number of carbonyl (C=O) groups is 2. The van der Waals surface area contributed by atoms with Crippen molar-refractivity contribution in [2.24, 2.45) is 0 Å². The minimum absolute atomic E-state index is 0.0413. The number of aromatic nitrogens is 2. The topological polar surface area (TPSA) is 93.2 Å². The average Bonchev–Trinajstić information content (AvgIpc) is 3.23. The first-order valence-corrected chi connectivity index (χ1v) is 10.0. The smallest absolute Gasteiger partial charge is 0.286 e. The highest BCUT2D eigenvalue weighted by Gasteiger charge is 2.14. The Balaban J connectivity index is 1.42. The Labute approximate surface area is 173 Å². The Kier molecular flexibility index (Phi) is 7.29. The minimum atomic E-state index is -0.328. The zero-order valence-corrected chi connectivity index (χ0v) is 16.9. The van der Waals surface area contributed by atoms with E-state index < -0.39 is 0 Å². The van der Waals surface area contributed by atoms with Gasteiger partial charge in [0.05, 0.1) is 7.11 Å². The van der Waals surface area contributed by atoms with Gasteiger partial charge in [-0.15, -0.1) is 10.2 Å². The molecule has 0 atom stereocenters. The first kappa shape index (κ1) is 20.5. The Bertz CT molecular complexity index is 942. The molecule has 3 rings (SSSR count). The number of anilines is 1. The van der Waals surface area contributed by atoms with Crippen LogP contribution in [0, 0.1) is 0 Å². The second kappa shape index (κ2) is 10.3. The van der Waals surface area contributed by atoms with Crippen LogP contribution in [-0.2, 0) is 17.6 Å². The van der Waals surface area contributed by atoms with Gasteiger partial charge in [-0.25, -0.2) is 0 Å². The predicted molar refractivity (Wildman–Crippen MR) is 112 cm³/mol. The third-order valence-electron chi connectivity index (χ3n) is 4.15. The van der Waals surface area contributed by atoms with Crippen LogP contribution in [0.4, 0.5) is 5.69 Å². The average molecular weight is 410 g/mol. The summed E-state index contributed by atoms with van der Waals surface area (Å²) in [6.45, 7) is 0.592. The molecule has 0 aliphatic carbocycles. The van der Waals surface area contributed by atoms with E-state index in [1.807, 2.05) is 30.3 Å². The molecule has 150 valence electrons. The highest BCUT2D eigenvalue weighted by atomic mass is 32.1. The lowest BCUT2D eigenvalue weighted by atomic mass is 10.1. The Morgan fingerprint density at radius 2 is 1.76 bits per heavy atom. The molecule has 0 fully saturated rings. The number of benzene rings is 2. The number of methoxy groups -OCH3 is 1. The van der Waals surface area contributed by atoms with E-state index in [9.17, 15) is 9.59 Å². The van der Waals surface area contributed by atoms with Crippen LogP contribution in [0.3, 0.4) is 0 Å². The van der Waals surface area contributed by atoms with Gasteiger partial charge in [0.2, 0.25) is 10.9 Å². The lowest BCUT2D eigenvalue weighted by molar-refractivity contribution is -0.121. The number of hydrogen-bond donors (Lipinski definition) is 2. The third kappa shape index (κ3) is 6.39. The minimum Gasteiger partial charge on any atom is -0.497 e. The largest absolute Gasteiger partial charge is 0.497 e. The number of ether oxygens (including phenoxy) is 1. The van der Waals surface area contributed by atoms with Crippen molar-refractivity contribution in [1.82, 2.24) is 15.5 Å². The van der Waals surface area contributed by atoms with Gasteiger partial charge in [0, 0.05) is 25.1 Å². The molecule has 0 bridgehead atoms. The van der Waals surface area contributed by atoms with Crippen LogP contribution < -0.4 is 15.4 Å². The van der Waals surface area contributed by atoms with Gasteiger partial charge in [-0.3, -0.25) is 9.59 Å². The fourth-order valence-electron chi connectivity index (χ4n) is 2.61. The van der Waals surface area contributed by atoms with Crippen molar-refractivity contribution < 1.29 is 14.3 Å². The number of rotatable bonds is 9.